The number of ether oxygens (including phenoxy) is 1. The first-order chi connectivity index (χ1) is 19.9. The molecular weight excluding hydrogens is 530 g/mol. The number of H-pyrrole nitrogens is 1. The van der Waals surface area contributed by atoms with Gasteiger partial charge in [-0.05, 0) is 6.42 Å². The normalized spacial score (nSPS) is 22.5. The number of amides is 2. The Morgan fingerprint density at radius 3 is 2.22 bits per heavy atom. The topological polar surface area (TPSA) is 195 Å². The first-order valence-corrected chi connectivity index (χ1v) is 15.0. The lowest BCUT2D eigenvalue weighted by Gasteiger charge is -2.42. The minimum absolute atomic E-state index is 0.217. The Bertz CT molecular complexity index is 1050. The molecule has 41 heavy (non-hydrogen) atoms. The number of aromatic nitrogens is 4. The van der Waals surface area contributed by atoms with Crippen LogP contribution in [-0.4, -0.2) is 90.8 Å². The lowest BCUT2D eigenvalue weighted by molar-refractivity contribution is -0.185. The van der Waals surface area contributed by atoms with Crippen LogP contribution in [0.2, 0.25) is 0 Å². The Morgan fingerprint density at radius 1 is 0.902 bits per heavy atom. The number of carbonyl (C=O) groups excluding carboxylic acids is 2. The van der Waals surface area contributed by atoms with E-state index in [0.29, 0.717) is 23.4 Å². The second kappa shape index (κ2) is 17.8. The van der Waals surface area contributed by atoms with Crippen LogP contribution < -0.4 is 16.0 Å². The van der Waals surface area contributed by atoms with Crippen molar-refractivity contribution in [1.29, 1.82) is 0 Å². The Kier molecular flexibility index (Phi) is 14.2. The zero-order valence-corrected chi connectivity index (χ0v) is 24.1. The molecule has 7 N–H and O–H groups in total. The molecule has 1 fully saturated rings. The van der Waals surface area contributed by atoms with Crippen LogP contribution in [0, 0.1) is 0 Å². The van der Waals surface area contributed by atoms with Gasteiger partial charge in [-0.3, -0.25) is 9.59 Å². The third kappa shape index (κ3) is 10.5. The molecule has 0 bridgehead atoms. The summed E-state index contributed by atoms with van der Waals surface area (Å²) in [7, 11) is 0. The first-order valence-electron chi connectivity index (χ1n) is 15.0. The Balaban J connectivity index is 1.31. The highest BCUT2D eigenvalue weighted by molar-refractivity contribution is 5.85. The molecule has 0 aliphatic carbocycles. The number of hydrogen-bond donors (Lipinski definition) is 7. The summed E-state index contributed by atoms with van der Waals surface area (Å²) in [6.45, 7) is 1.42. The molecule has 1 saturated heterocycles. The summed E-state index contributed by atoms with van der Waals surface area (Å²) in [5.41, 5.74) is 0.881. The summed E-state index contributed by atoms with van der Waals surface area (Å²) in [5.74, 6) is -0.489. The highest BCUT2D eigenvalue weighted by Gasteiger charge is 2.45. The van der Waals surface area contributed by atoms with E-state index < -0.39 is 43.1 Å². The number of unbranched alkanes of at least 4 members (excludes halogenated alkanes) is 11. The maximum absolute atomic E-state index is 12.5. The SMILES string of the molecule is CCCCCCCCCCCCCCC(=O)NCC(=O)N[C@@H]1[C@@H](O)[C@H](O)[C@@H](Nc2ncnc3nc[nH]c23)O[C@H]1CO. The molecule has 0 unspecified atom stereocenters. The summed E-state index contributed by atoms with van der Waals surface area (Å²) in [6.07, 6.45) is 12.5. The number of nitrogens with one attached hydrogen (secondary N) is 4. The summed E-state index contributed by atoms with van der Waals surface area (Å²) < 4.78 is 5.75. The number of aliphatic hydroxyl groups excluding tert-OH is 3. The lowest BCUT2D eigenvalue weighted by Crippen LogP contribution is -2.66. The van der Waals surface area contributed by atoms with Crippen LogP contribution in [0.4, 0.5) is 5.82 Å². The van der Waals surface area contributed by atoms with Gasteiger partial charge in [0.15, 0.2) is 17.7 Å². The van der Waals surface area contributed by atoms with Gasteiger partial charge in [-0.1, -0.05) is 77.6 Å². The second-order valence-corrected chi connectivity index (χ2v) is 10.7. The standard InChI is InChI=1S/C28H47N7O6/c1-2-3-4-5-6-7-8-9-10-11-12-13-14-20(37)29-15-21(38)34-22-19(16-36)41-28(25(40)24(22)39)35-27-23-26(31-17-30-23)32-18-33-27/h17-19,22,24-25,28,36,39-40H,2-16H2,1H3,(H,29,37)(H,34,38)(H2,30,31,32,33,35)/t19-,22-,24+,25-,28-/m0/s1. The molecule has 5 atom stereocenters. The van der Waals surface area contributed by atoms with Gasteiger partial charge in [-0.25, -0.2) is 15.0 Å². The fraction of sp³-hybridized carbons (Fsp3) is 0.750. The Labute approximate surface area is 241 Å². The van der Waals surface area contributed by atoms with Gasteiger partial charge >= 0.3 is 0 Å². The zero-order chi connectivity index (χ0) is 29.5. The van der Waals surface area contributed by atoms with E-state index in [1.807, 2.05) is 0 Å². The molecular formula is C28H47N7O6. The fourth-order valence-corrected chi connectivity index (χ4v) is 5.06. The third-order valence-electron chi connectivity index (χ3n) is 7.46. The molecule has 0 spiro atoms. The predicted molar refractivity (Wildman–Crippen MR) is 154 cm³/mol. The molecule has 3 heterocycles. The molecule has 13 heteroatoms. The number of aromatic amines is 1. The van der Waals surface area contributed by atoms with Gasteiger partial charge in [-0.2, -0.15) is 0 Å². The largest absolute Gasteiger partial charge is 0.394 e. The van der Waals surface area contributed by atoms with Crippen molar-refractivity contribution in [2.75, 3.05) is 18.5 Å². The second-order valence-electron chi connectivity index (χ2n) is 10.7. The van der Waals surface area contributed by atoms with E-state index in [-0.39, 0.29) is 12.5 Å². The third-order valence-corrected chi connectivity index (χ3v) is 7.46. The molecule has 2 amide bonds. The van der Waals surface area contributed by atoms with E-state index in [2.05, 4.69) is 42.8 Å². The Hall–Kier alpha value is -2.87. The van der Waals surface area contributed by atoms with Gasteiger partial charge in [0.05, 0.1) is 25.5 Å². The van der Waals surface area contributed by atoms with Crippen LogP contribution in [0.15, 0.2) is 12.7 Å². The lowest BCUT2D eigenvalue weighted by atomic mass is 9.95. The summed E-state index contributed by atoms with van der Waals surface area (Å²) in [5, 5.41) is 39.3. The minimum Gasteiger partial charge on any atom is -0.394 e. The maximum atomic E-state index is 12.5. The van der Waals surface area contributed by atoms with Crippen LogP contribution in [0.1, 0.15) is 90.4 Å². The van der Waals surface area contributed by atoms with Crippen molar-refractivity contribution < 1.29 is 29.6 Å². The average molecular weight is 578 g/mol. The quantitative estimate of drug-likeness (QED) is 0.121. The number of aliphatic hydroxyl groups is 3. The average Bonchev–Trinajstić information content (AvgIpc) is 3.46. The number of carbonyl (C=O) groups is 2. The number of hydrogen-bond acceptors (Lipinski definition) is 10. The van der Waals surface area contributed by atoms with Crippen molar-refractivity contribution in [3.05, 3.63) is 12.7 Å². The van der Waals surface area contributed by atoms with Crippen molar-refractivity contribution in [3.8, 4) is 0 Å². The van der Waals surface area contributed by atoms with Crippen molar-refractivity contribution in [2.45, 2.75) is 121 Å². The van der Waals surface area contributed by atoms with Crippen LogP contribution in [-0.2, 0) is 14.3 Å². The smallest absolute Gasteiger partial charge is 0.239 e. The van der Waals surface area contributed by atoms with E-state index >= 15 is 0 Å². The van der Waals surface area contributed by atoms with E-state index in [0.717, 1.165) is 19.3 Å². The Morgan fingerprint density at radius 2 is 1.56 bits per heavy atom. The predicted octanol–water partition coefficient (Wildman–Crippen LogP) is 1.90. The molecule has 0 saturated carbocycles. The molecule has 13 nitrogen and oxygen atoms in total. The van der Waals surface area contributed by atoms with Crippen LogP contribution in [0.25, 0.3) is 11.2 Å². The van der Waals surface area contributed by atoms with Crippen molar-refractivity contribution in [1.82, 2.24) is 30.6 Å². The van der Waals surface area contributed by atoms with E-state index in [4.69, 9.17) is 4.74 Å². The number of imidazole rings is 1. The van der Waals surface area contributed by atoms with Gasteiger partial charge in [0.25, 0.3) is 0 Å². The molecule has 2 aromatic rings. The highest BCUT2D eigenvalue weighted by Crippen LogP contribution is 2.24. The number of fused-ring (bicyclic) bond motifs is 1. The molecule has 230 valence electrons. The van der Waals surface area contributed by atoms with Crippen molar-refractivity contribution >= 4 is 28.8 Å². The molecule has 2 aromatic heterocycles. The summed E-state index contributed by atoms with van der Waals surface area (Å²) >= 11 is 0. The fourth-order valence-electron chi connectivity index (χ4n) is 5.06. The maximum Gasteiger partial charge on any atom is 0.239 e. The summed E-state index contributed by atoms with van der Waals surface area (Å²) in [6, 6.07) is -1.09. The van der Waals surface area contributed by atoms with Gasteiger partial charge in [0.1, 0.15) is 30.2 Å². The zero-order valence-electron chi connectivity index (χ0n) is 24.1. The van der Waals surface area contributed by atoms with Gasteiger partial charge < -0.3 is 41.0 Å². The molecule has 0 aromatic carbocycles. The summed E-state index contributed by atoms with van der Waals surface area (Å²) in [4.78, 5) is 39.7. The minimum atomic E-state index is -1.46. The number of nitrogens with zero attached hydrogens (tertiary/aromatic N) is 3. The van der Waals surface area contributed by atoms with Crippen molar-refractivity contribution in [2.24, 2.45) is 0 Å². The van der Waals surface area contributed by atoms with Crippen LogP contribution >= 0.6 is 0 Å². The molecule has 0 radical (unpaired) electrons. The van der Waals surface area contributed by atoms with Gasteiger partial charge in [-0.15, -0.1) is 0 Å². The van der Waals surface area contributed by atoms with Gasteiger partial charge in [0, 0.05) is 6.42 Å². The van der Waals surface area contributed by atoms with E-state index in [1.165, 1.54) is 70.4 Å². The van der Waals surface area contributed by atoms with Crippen LogP contribution in [0.5, 0.6) is 0 Å². The van der Waals surface area contributed by atoms with Crippen LogP contribution in [0.3, 0.4) is 0 Å². The first kappa shape index (κ1) is 32.6. The molecule has 1 aliphatic heterocycles. The molecule has 3 rings (SSSR count). The monoisotopic (exact) mass is 577 g/mol. The van der Waals surface area contributed by atoms with Gasteiger partial charge in [0.2, 0.25) is 11.8 Å². The van der Waals surface area contributed by atoms with Crippen molar-refractivity contribution in [3.63, 3.8) is 0 Å². The van der Waals surface area contributed by atoms with E-state index in [9.17, 15) is 24.9 Å². The number of rotatable bonds is 19. The highest BCUT2D eigenvalue weighted by atomic mass is 16.5. The van der Waals surface area contributed by atoms with E-state index in [1.54, 1.807) is 0 Å². The molecule has 1 aliphatic rings. The number of anilines is 1.